The number of carbonyl (C=O) groups excluding carboxylic acids is 3. The lowest BCUT2D eigenvalue weighted by molar-refractivity contribution is -0.160. The van der Waals surface area contributed by atoms with E-state index in [0.717, 1.165) is 6.21 Å². The Hall–Kier alpha value is -5.12. The molecule has 3 aliphatic rings. The number of aliphatic hydroxyl groups is 2. The fourth-order valence-corrected chi connectivity index (χ4v) is 7.11. The summed E-state index contributed by atoms with van der Waals surface area (Å²) in [6, 6.07) is 0. The van der Waals surface area contributed by atoms with Crippen molar-refractivity contribution in [2.24, 2.45) is 28.8 Å². The number of phenols is 3. The van der Waals surface area contributed by atoms with Crippen LogP contribution in [0.15, 0.2) is 41.3 Å². The standard InChI is InChI=1S/C41H54N2O13/c1-11-16-54-42-18-26-31-36(49)29-28(35(26)48)30-38(24(7)34(29)47)56-41(9,39(30)50)53-17-15-27(52-10)21(4)37(55-25(8)44)23(6)33(46)22(5)32(45)19(2)13-12-14-20(3)40(51)43-31/h12-15,17-19,21-23,27,32-33,37,45-49H,11,16H2,1-10H3,(H,43,51)/b13-12+,17-15+,20-14-,42-18?/t19-,21-,22+,23-,27-,32-,33+,37+,41-/m0/s1. The number of Topliss-reactive ketones (excluding diaryl/α,β-unsaturated/α-hetero) is 1. The van der Waals surface area contributed by atoms with Crippen LogP contribution in [0.1, 0.15) is 83.3 Å². The van der Waals surface area contributed by atoms with Gasteiger partial charge >= 0.3 is 11.8 Å². The maximum absolute atomic E-state index is 14.3. The van der Waals surface area contributed by atoms with Crippen LogP contribution in [0.4, 0.5) is 5.69 Å². The van der Waals surface area contributed by atoms with Gasteiger partial charge in [0.1, 0.15) is 30.0 Å². The molecule has 3 heterocycles. The fourth-order valence-electron chi connectivity index (χ4n) is 7.11. The molecule has 0 aromatic heterocycles. The summed E-state index contributed by atoms with van der Waals surface area (Å²) in [5.74, 6) is -8.59. The molecule has 3 aliphatic heterocycles. The number of oxime groups is 1. The quantitative estimate of drug-likeness (QED) is 0.0532. The Morgan fingerprint density at radius 1 is 0.982 bits per heavy atom. The number of aromatic hydroxyl groups is 3. The number of anilines is 1. The molecule has 0 unspecified atom stereocenters. The van der Waals surface area contributed by atoms with Crippen LogP contribution in [0, 0.1) is 30.6 Å². The first-order valence-electron chi connectivity index (χ1n) is 18.6. The first-order valence-corrected chi connectivity index (χ1v) is 18.6. The molecule has 0 spiro atoms. The average Bonchev–Trinajstić information content (AvgIpc) is 3.42. The number of hydrogen-bond acceptors (Lipinski definition) is 14. The van der Waals surface area contributed by atoms with Crippen LogP contribution in [-0.4, -0.2) is 93.3 Å². The minimum absolute atomic E-state index is 0.0363. The number of nitrogens with one attached hydrogen (secondary N) is 1. The van der Waals surface area contributed by atoms with Gasteiger partial charge in [-0.05, 0) is 26.3 Å². The molecule has 9 atom stereocenters. The first kappa shape index (κ1) is 43.6. The summed E-state index contributed by atoms with van der Waals surface area (Å²) in [5, 5.41) is 63.6. The molecular weight excluding hydrogens is 728 g/mol. The normalized spacial score (nSPS) is 31.0. The van der Waals surface area contributed by atoms with E-state index in [1.807, 2.05) is 6.92 Å². The number of aliphatic hydroxyl groups excluding tert-OH is 2. The number of hydrogen-bond donors (Lipinski definition) is 6. The van der Waals surface area contributed by atoms with Crippen LogP contribution in [0.3, 0.4) is 0 Å². The van der Waals surface area contributed by atoms with Gasteiger partial charge in [0.15, 0.2) is 5.75 Å². The number of ether oxygens (including phenoxy) is 4. The summed E-state index contributed by atoms with van der Waals surface area (Å²) < 4.78 is 23.4. The second-order valence-corrected chi connectivity index (χ2v) is 14.7. The zero-order chi connectivity index (χ0) is 41.8. The molecule has 2 aromatic rings. The predicted molar refractivity (Wildman–Crippen MR) is 208 cm³/mol. The zero-order valence-corrected chi connectivity index (χ0v) is 33.4. The topological polar surface area (TPSA) is 223 Å². The van der Waals surface area contributed by atoms with E-state index in [9.17, 15) is 39.9 Å². The summed E-state index contributed by atoms with van der Waals surface area (Å²) >= 11 is 0. The van der Waals surface area contributed by atoms with Crippen molar-refractivity contribution in [3.8, 4) is 23.0 Å². The van der Waals surface area contributed by atoms with Gasteiger partial charge in [0.2, 0.25) is 0 Å². The number of esters is 1. The van der Waals surface area contributed by atoms with E-state index in [-0.39, 0.29) is 51.1 Å². The molecule has 0 fully saturated rings. The van der Waals surface area contributed by atoms with Crippen molar-refractivity contribution in [3.63, 3.8) is 0 Å². The molecule has 1 amide bonds. The van der Waals surface area contributed by atoms with Crippen LogP contribution in [0.5, 0.6) is 23.0 Å². The van der Waals surface area contributed by atoms with E-state index < -0.39 is 88.8 Å². The van der Waals surface area contributed by atoms with Crippen LogP contribution in [0.25, 0.3) is 10.8 Å². The summed E-state index contributed by atoms with van der Waals surface area (Å²) in [4.78, 5) is 45.4. The van der Waals surface area contributed by atoms with Crippen molar-refractivity contribution in [3.05, 3.63) is 52.8 Å². The maximum Gasteiger partial charge on any atom is 0.312 e. The van der Waals surface area contributed by atoms with Gasteiger partial charge < -0.3 is 54.6 Å². The summed E-state index contributed by atoms with van der Waals surface area (Å²) in [5.41, 5.74) is -0.591. The number of allylic oxidation sites excluding steroid dienone is 2. The minimum atomic E-state index is -2.05. The number of ketones is 1. The van der Waals surface area contributed by atoms with E-state index in [1.165, 1.54) is 53.2 Å². The highest BCUT2D eigenvalue weighted by atomic mass is 16.7. The molecule has 2 aromatic carbocycles. The Balaban J connectivity index is 1.97. The first-order chi connectivity index (χ1) is 26.3. The lowest BCUT2D eigenvalue weighted by atomic mass is 9.78. The third-order valence-electron chi connectivity index (χ3n) is 10.6. The Labute approximate surface area is 326 Å². The van der Waals surface area contributed by atoms with Crippen molar-refractivity contribution in [2.75, 3.05) is 19.0 Å². The summed E-state index contributed by atoms with van der Waals surface area (Å²) in [6.45, 7) is 14.5. The van der Waals surface area contributed by atoms with E-state index in [2.05, 4.69) is 10.5 Å². The van der Waals surface area contributed by atoms with Gasteiger partial charge in [-0.1, -0.05) is 58.0 Å². The van der Waals surface area contributed by atoms with Crippen LogP contribution >= 0.6 is 0 Å². The Morgan fingerprint density at radius 3 is 2.29 bits per heavy atom. The highest BCUT2D eigenvalue weighted by molar-refractivity contribution is 6.23. The monoisotopic (exact) mass is 782 g/mol. The molecule has 0 radical (unpaired) electrons. The maximum atomic E-state index is 14.3. The number of carbonyl (C=O) groups is 3. The highest BCUT2D eigenvalue weighted by Crippen LogP contribution is 2.55. The summed E-state index contributed by atoms with van der Waals surface area (Å²) in [6.07, 6.45) is 5.13. The van der Waals surface area contributed by atoms with Crippen LogP contribution in [-0.2, 0) is 28.6 Å². The number of phenolic OH excluding ortho intramolecular Hbond substituents is 3. The van der Waals surface area contributed by atoms with E-state index in [0.29, 0.717) is 6.42 Å². The van der Waals surface area contributed by atoms with Crippen molar-refractivity contribution in [1.82, 2.24) is 0 Å². The number of nitrogens with zero attached hydrogens (tertiary/aromatic N) is 1. The second-order valence-electron chi connectivity index (χ2n) is 14.7. The van der Waals surface area contributed by atoms with Gasteiger partial charge in [-0.3, -0.25) is 14.4 Å². The number of benzene rings is 2. The molecular formula is C41H54N2O13. The van der Waals surface area contributed by atoms with Crippen molar-refractivity contribution in [1.29, 1.82) is 0 Å². The minimum Gasteiger partial charge on any atom is -0.507 e. The molecule has 0 aliphatic carbocycles. The SMILES string of the molecule is CCCON=Cc1c2c(O)c3c(O)c(C)c4c(c3c1O)C(=O)[C@@](C)(O/C=C/[C@H](OC)[C@H](C)[C@@H](OC(C)=O)[C@@H](C)[C@H](O)[C@H](C)[C@@H](O)[C@@H](C)/C=C/C=C(/C)C(=O)N2)O4. The second kappa shape index (κ2) is 17.8. The van der Waals surface area contributed by atoms with Crippen molar-refractivity contribution >= 4 is 40.3 Å². The molecule has 0 saturated heterocycles. The summed E-state index contributed by atoms with van der Waals surface area (Å²) in [7, 11) is 1.43. The van der Waals surface area contributed by atoms with E-state index >= 15 is 0 Å². The Morgan fingerprint density at radius 2 is 1.66 bits per heavy atom. The Kier molecular flexibility index (Phi) is 13.8. The van der Waals surface area contributed by atoms with Gasteiger partial charge in [-0.15, -0.1) is 0 Å². The number of amides is 1. The Bertz CT molecular complexity index is 1950. The van der Waals surface area contributed by atoms with Gasteiger partial charge in [0, 0.05) is 61.2 Å². The smallest absolute Gasteiger partial charge is 0.312 e. The predicted octanol–water partition coefficient (Wildman–Crippen LogP) is 5.51. The fraction of sp³-hybridized carbons (Fsp3) is 0.512. The molecule has 5 rings (SSSR count). The third-order valence-corrected chi connectivity index (χ3v) is 10.6. The average molecular weight is 783 g/mol. The van der Waals surface area contributed by atoms with Gasteiger partial charge in [0.05, 0.1) is 53.0 Å². The van der Waals surface area contributed by atoms with Crippen molar-refractivity contribution < 1.29 is 63.7 Å². The number of methoxy groups -OCH3 is 1. The molecule has 0 saturated carbocycles. The van der Waals surface area contributed by atoms with Gasteiger partial charge in [0.25, 0.3) is 11.7 Å². The zero-order valence-electron chi connectivity index (χ0n) is 33.4. The largest absolute Gasteiger partial charge is 0.507 e. The van der Waals surface area contributed by atoms with Gasteiger partial charge in [-0.2, -0.15) is 0 Å². The molecule has 5 bridgehead atoms. The lowest BCUT2D eigenvalue weighted by Gasteiger charge is -2.38. The number of fused-ring (bicyclic) bond motifs is 14. The molecule has 56 heavy (non-hydrogen) atoms. The molecule has 6 N–H and O–H groups in total. The molecule has 15 nitrogen and oxygen atoms in total. The highest BCUT2D eigenvalue weighted by Gasteiger charge is 2.50. The molecule has 15 heteroatoms. The van der Waals surface area contributed by atoms with Crippen molar-refractivity contribution in [2.45, 2.75) is 98.9 Å². The third kappa shape index (κ3) is 8.49. The lowest BCUT2D eigenvalue weighted by Crippen LogP contribution is -2.46. The van der Waals surface area contributed by atoms with Crippen LogP contribution < -0.4 is 10.1 Å². The van der Waals surface area contributed by atoms with Crippen LogP contribution in [0.2, 0.25) is 0 Å². The van der Waals surface area contributed by atoms with E-state index in [1.54, 1.807) is 39.8 Å². The van der Waals surface area contributed by atoms with E-state index in [4.69, 9.17) is 23.8 Å². The van der Waals surface area contributed by atoms with Gasteiger partial charge in [-0.25, -0.2) is 0 Å². The molecule has 306 valence electrons. The number of rotatable bonds is 6.